The van der Waals surface area contributed by atoms with Crippen molar-refractivity contribution in [3.8, 4) is 0 Å². The first-order chi connectivity index (χ1) is 9.74. The molecule has 2 aliphatic rings. The van der Waals surface area contributed by atoms with Crippen LogP contribution in [0.25, 0.3) is 0 Å². The Hall–Kier alpha value is -0.570. The topological polar surface area (TPSA) is 24.1 Å². The van der Waals surface area contributed by atoms with Gasteiger partial charge in [0, 0.05) is 23.1 Å². The Bertz CT molecular complexity index is 425. The monoisotopic (exact) mass is 292 g/mol. The molecule has 0 amide bonds. The normalized spacial score (nSPS) is 31.6. The van der Waals surface area contributed by atoms with Gasteiger partial charge in [0.1, 0.15) is 0 Å². The summed E-state index contributed by atoms with van der Waals surface area (Å²) < 4.78 is 0. The van der Waals surface area contributed by atoms with Crippen LogP contribution in [0.4, 0.5) is 0 Å². The Kier molecular flexibility index (Phi) is 4.65. The van der Waals surface area contributed by atoms with Gasteiger partial charge < -0.3 is 10.6 Å². The van der Waals surface area contributed by atoms with E-state index in [1.807, 2.05) is 12.1 Å². The molecule has 1 aromatic carbocycles. The Morgan fingerprint density at radius 2 is 1.95 bits per heavy atom. The number of halogens is 1. The highest BCUT2D eigenvalue weighted by molar-refractivity contribution is 6.30. The van der Waals surface area contributed by atoms with Crippen LogP contribution < -0.4 is 10.6 Å². The van der Waals surface area contributed by atoms with Crippen LogP contribution in [0.3, 0.4) is 0 Å². The second kappa shape index (κ2) is 6.46. The predicted molar refractivity (Wildman–Crippen MR) is 85.2 cm³/mol. The van der Waals surface area contributed by atoms with E-state index in [2.05, 4.69) is 29.7 Å². The van der Waals surface area contributed by atoms with Crippen molar-refractivity contribution in [2.75, 3.05) is 6.54 Å². The van der Waals surface area contributed by atoms with E-state index >= 15 is 0 Å². The lowest BCUT2D eigenvalue weighted by molar-refractivity contribution is 0.303. The van der Waals surface area contributed by atoms with E-state index < -0.39 is 0 Å². The van der Waals surface area contributed by atoms with E-state index in [9.17, 15) is 0 Å². The van der Waals surface area contributed by atoms with Crippen LogP contribution >= 0.6 is 11.6 Å². The summed E-state index contributed by atoms with van der Waals surface area (Å²) in [6, 6.07) is 10.1. The highest BCUT2D eigenvalue weighted by Crippen LogP contribution is 2.33. The Morgan fingerprint density at radius 3 is 2.65 bits per heavy atom. The van der Waals surface area contributed by atoms with Crippen molar-refractivity contribution in [2.24, 2.45) is 5.92 Å². The van der Waals surface area contributed by atoms with Gasteiger partial charge in [-0.2, -0.15) is 0 Å². The molecule has 0 radical (unpaired) electrons. The lowest BCUT2D eigenvalue weighted by atomic mass is 9.92. The molecule has 1 saturated heterocycles. The molecule has 0 aromatic heterocycles. The van der Waals surface area contributed by atoms with E-state index in [-0.39, 0.29) is 0 Å². The zero-order chi connectivity index (χ0) is 13.9. The summed E-state index contributed by atoms with van der Waals surface area (Å²) in [5.74, 6) is 0.812. The zero-order valence-corrected chi connectivity index (χ0v) is 13.0. The minimum atomic E-state index is 0.402. The molecular formula is C17H25ClN2. The molecule has 20 heavy (non-hydrogen) atoms. The largest absolute Gasteiger partial charge is 0.314 e. The Morgan fingerprint density at radius 1 is 1.15 bits per heavy atom. The van der Waals surface area contributed by atoms with Crippen molar-refractivity contribution < 1.29 is 0 Å². The van der Waals surface area contributed by atoms with Crippen molar-refractivity contribution in [2.45, 2.75) is 57.2 Å². The number of hydrogen-bond donors (Lipinski definition) is 2. The average Bonchev–Trinajstić information content (AvgIpc) is 3.09. The third-order valence-electron chi connectivity index (χ3n) is 5.02. The average molecular weight is 293 g/mol. The van der Waals surface area contributed by atoms with Gasteiger partial charge in [0.2, 0.25) is 0 Å². The molecule has 1 aromatic rings. The standard InChI is InChI=1S/C17H25ClN2/c1-12(13-7-9-14(18)10-8-13)20-17-5-2-4-15(17)16-6-3-11-19-16/h7-10,12,15-17,19-20H,2-6,11H2,1H3/t12-,15?,16?,17?/m1/s1. The molecule has 0 bridgehead atoms. The zero-order valence-electron chi connectivity index (χ0n) is 12.2. The maximum absolute atomic E-state index is 5.97. The van der Waals surface area contributed by atoms with Gasteiger partial charge >= 0.3 is 0 Å². The number of nitrogens with one attached hydrogen (secondary N) is 2. The predicted octanol–water partition coefficient (Wildman–Crippen LogP) is 3.91. The fraction of sp³-hybridized carbons (Fsp3) is 0.647. The smallest absolute Gasteiger partial charge is 0.0406 e. The van der Waals surface area contributed by atoms with Crippen LogP contribution in [0.15, 0.2) is 24.3 Å². The van der Waals surface area contributed by atoms with Gasteiger partial charge in [0.25, 0.3) is 0 Å². The molecule has 1 aliphatic carbocycles. The van der Waals surface area contributed by atoms with Gasteiger partial charge in [-0.25, -0.2) is 0 Å². The fourth-order valence-electron chi connectivity index (χ4n) is 3.92. The molecule has 3 rings (SSSR count). The van der Waals surface area contributed by atoms with E-state index in [0.29, 0.717) is 12.1 Å². The molecule has 2 nitrogen and oxygen atoms in total. The Labute approximate surface area is 127 Å². The van der Waals surface area contributed by atoms with Crippen molar-refractivity contribution in [3.63, 3.8) is 0 Å². The molecule has 110 valence electrons. The first-order valence-corrected chi connectivity index (χ1v) is 8.37. The summed E-state index contributed by atoms with van der Waals surface area (Å²) in [7, 11) is 0. The lowest BCUT2D eigenvalue weighted by Gasteiger charge is -2.29. The van der Waals surface area contributed by atoms with Gasteiger partial charge in [0.15, 0.2) is 0 Å². The van der Waals surface area contributed by atoms with Crippen LogP contribution in [0.1, 0.15) is 50.6 Å². The molecule has 3 unspecified atom stereocenters. The third kappa shape index (κ3) is 3.19. The number of rotatable bonds is 4. The molecule has 3 heteroatoms. The molecular weight excluding hydrogens is 268 g/mol. The molecule has 2 N–H and O–H groups in total. The van der Waals surface area contributed by atoms with Crippen LogP contribution in [0, 0.1) is 5.92 Å². The first-order valence-electron chi connectivity index (χ1n) is 7.99. The quantitative estimate of drug-likeness (QED) is 0.879. The molecule has 1 aliphatic heterocycles. The Balaban J connectivity index is 1.62. The summed E-state index contributed by atoms with van der Waals surface area (Å²) in [6.45, 7) is 3.47. The summed E-state index contributed by atoms with van der Waals surface area (Å²) in [5, 5.41) is 8.36. The first kappa shape index (κ1) is 14.4. The minimum Gasteiger partial charge on any atom is -0.314 e. The highest BCUT2D eigenvalue weighted by atomic mass is 35.5. The maximum atomic E-state index is 5.97. The summed E-state index contributed by atoms with van der Waals surface area (Å²) >= 11 is 5.97. The van der Waals surface area contributed by atoms with Crippen molar-refractivity contribution in [1.82, 2.24) is 10.6 Å². The minimum absolute atomic E-state index is 0.402. The van der Waals surface area contributed by atoms with Crippen molar-refractivity contribution in [3.05, 3.63) is 34.9 Å². The molecule has 1 saturated carbocycles. The molecule has 0 spiro atoms. The van der Waals surface area contributed by atoms with E-state index in [1.54, 1.807) is 0 Å². The van der Waals surface area contributed by atoms with Crippen LogP contribution in [-0.2, 0) is 0 Å². The van der Waals surface area contributed by atoms with Gasteiger partial charge in [-0.3, -0.25) is 0 Å². The van der Waals surface area contributed by atoms with Crippen molar-refractivity contribution >= 4 is 11.6 Å². The fourth-order valence-corrected chi connectivity index (χ4v) is 4.05. The van der Waals surface area contributed by atoms with E-state index in [0.717, 1.165) is 17.0 Å². The summed E-state index contributed by atoms with van der Waals surface area (Å²) in [5.41, 5.74) is 1.33. The van der Waals surface area contributed by atoms with Crippen LogP contribution in [-0.4, -0.2) is 18.6 Å². The maximum Gasteiger partial charge on any atom is 0.0406 e. The lowest BCUT2D eigenvalue weighted by Crippen LogP contribution is -2.42. The van der Waals surface area contributed by atoms with Gasteiger partial charge in [-0.15, -0.1) is 0 Å². The summed E-state index contributed by atoms with van der Waals surface area (Å²) in [4.78, 5) is 0. The van der Waals surface area contributed by atoms with E-state index in [4.69, 9.17) is 11.6 Å². The number of benzene rings is 1. The van der Waals surface area contributed by atoms with Crippen LogP contribution in [0.2, 0.25) is 5.02 Å². The van der Waals surface area contributed by atoms with Crippen molar-refractivity contribution in [1.29, 1.82) is 0 Å². The summed E-state index contributed by atoms with van der Waals surface area (Å²) in [6.07, 6.45) is 6.77. The third-order valence-corrected chi connectivity index (χ3v) is 5.27. The SMILES string of the molecule is C[C@@H](NC1CCCC1C1CCCN1)c1ccc(Cl)cc1. The van der Waals surface area contributed by atoms with Gasteiger partial charge in [-0.05, 0) is 62.8 Å². The highest BCUT2D eigenvalue weighted by Gasteiger charge is 2.35. The van der Waals surface area contributed by atoms with Gasteiger partial charge in [-0.1, -0.05) is 30.2 Å². The second-order valence-corrected chi connectivity index (χ2v) is 6.78. The van der Waals surface area contributed by atoms with Gasteiger partial charge in [0.05, 0.1) is 0 Å². The van der Waals surface area contributed by atoms with E-state index in [1.165, 1.54) is 44.2 Å². The van der Waals surface area contributed by atoms with Crippen LogP contribution in [0.5, 0.6) is 0 Å². The second-order valence-electron chi connectivity index (χ2n) is 6.34. The number of hydrogen-bond acceptors (Lipinski definition) is 2. The molecule has 2 fully saturated rings. The molecule has 1 heterocycles. The molecule has 4 atom stereocenters.